The van der Waals surface area contributed by atoms with Crippen molar-refractivity contribution in [3.8, 4) is 0 Å². The molecule has 2 rings (SSSR count). The number of carbonyl (C=O) groups excluding carboxylic acids is 1. The van der Waals surface area contributed by atoms with Crippen molar-refractivity contribution < 1.29 is 27.5 Å². The van der Waals surface area contributed by atoms with Crippen molar-refractivity contribution in [3.05, 3.63) is 54.3 Å². The number of aliphatic carboxylic acids is 1. The van der Waals surface area contributed by atoms with Crippen LogP contribution in [-0.2, 0) is 19.6 Å². The molecule has 0 spiro atoms. The number of sulfonamides is 1. The predicted octanol–water partition coefficient (Wildman–Crippen LogP) is 3.85. The molecule has 0 unspecified atom stereocenters. The first-order chi connectivity index (χ1) is 13.6. The number of carbonyl (C=O) groups is 2. The Bertz CT molecular complexity index is 986. The summed E-state index contributed by atoms with van der Waals surface area (Å²) >= 11 is 0. The summed E-state index contributed by atoms with van der Waals surface area (Å²) in [5, 5.41) is 12.1. The van der Waals surface area contributed by atoms with Crippen LogP contribution in [0, 0.1) is 11.2 Å². The van der Waals surface area contributed by atoms with Crippen LogP contribution >= 0.6 is 0 Å². The quantitative estimate of drug-likeness (QED) is 0.568. The van der Waals surface area contributed by atoms with Crippen molar-refractivity contribution in [3.63, 3.8) is 0 Å². The number of amides is 1. The van der Waals surface area contributed by atoms with Crippen LogP contribution in [0.25, 0.3) is 0 Å². The highest BCUT2D eigenvalue weighted by Crippen LogP contribution is 2.32. The van der Waals surface area contributed by atoms with E-state index in [0.29, 0.717) is 0 Å². The molecule has 29 heavy (non-hydrogen) atoms. The monoisotopic (exact) mass is 422 g/mol. The van der Waals surface area contributed by atoms with Crippen molar-refractivity contribution in [2.75, 3.05) is 10.0 Å². The summed E-state index contributed by atoms with van der Waals surface area (Å²) in [6.07, 6.45) is 0.324. The first-order valence-corrected chi connectivity index (χ1v) is 10.5. The molecule has 2 aromatic rings. The highest BCUT2D eigenvalue weighted by atomic mass is 32.2. The molecule has 2 aromatic carbocycles. The molecule has 0 aromatic heterocycles. The topological polar surface area (TPSA) is 113 Å². The molecule has 156 valence electrons. The molecule has 9 heteroatoms. The van der Waals surface area contributed by atoms with Gasteiger partial charge in [0.2, 0.25) is 5.91 Å². The van der Waals surface area contributed by atoms with Crippen molar-refractivity contribution in [1.29, 1.82) is 0 Å². The lowest BCUT2D eigenvalue weighted by Gasteiger charge is -2.26. The third-order valence-corrected chi connectivity index (χ3v) is 6.26. The Morgan fingerprint density at radius 3 is 2.07 bits per heavy atom. The van der Waals surface area contributed by atoms with Gasteiger partial charge in [-0.3, -0.25) is 14.3 Å². The molecule has 0 fully saturated rings. The van der Waals surface area contributed by atoms with Crippen LogP contribution in [-0.4, -0.2) is 25.4 Å². The van der Waals surface area contributed by atoms with Crippen LogP contribution in [0.4, 0.5) is 15.8 Å². The Balaban J connectivity index is 2.23. The van der Waals surface area contributed by atoms with E-state index < -0.39 is 33.1 Å². The van der Waals surface area contributed by atoms with E-state index >= 15 is 0 Å². The second-order valence-corrected chi connectivity index (χ2v) is 8.30. The molecular weight excluding hydrogens is 399 g/mol. The van der Waals surface area contributed by atoms with Gasteiger partial charge in [0.05, 0.1) is 21.7 Å². The van der Waals surface area contributed by atoms with Crippen molar-refractivity contribution >= 4 is 33.3 Å². The van der Waals surface area contributed by atoms with E-state index in [9.17, 15) is 27.5 Å². The number of anilines is 2. The second-order valence-electron chi connectivity index (χ2n) is 6.62. The van der Waals surface area contributed by atoms with Crippen LogP contribution in [0.3, 0.4) is 0 Å². The molecule has 1 amide bonds. The van der Waals surface area contributed by atoms with Crippen LogP contribution in [0.15, 0.2) is 53.4 Å². The zero-order valence-corrected chi connectivity index (χ0v) is 16.9. The number of carboxylic acid groups (broad SMARTS) is 1. The van der Waals surface area contributed by atoms with Gasteiger partial charge in [-0.05, 0) is 49.2 Å². The van der Waals surface area contributed by atoms with Crippen molar-refractivity contribution in [2.24, 2.45) is 5.41 Å². The third-order valence-electron chi connectivity index (χ3n) is 4.88. The lowest BCUT2D eigenvalue weighted by Crippen LogP contribution is -2.34. The molecule has 0 atom stereocenters. The smallest absolute Gasteiger partial charge is 0.310 e. The lowest BCUT2D eigenvalue weighted by atomic mass is 9.79. The fourth-order valence-electron chi connectivity index (χ4n) is 2.88. The Morgan fingerprint density at radius 2 is 1.55 bits per heavy atom. The summed E-state index contributed by atoms with van der Waals surface area (Å²) in [5.74, 6) is -2.15. The normalized spacial score (nSPS) is 11.7. The van der Waals surface area contributed by atoms with Crippen LogP contribution in [0.1, 0.15) is 33.1 Å². The van der Waals surface area contributed by atoms with Crippen LogP contribution in [0.5, 0.6) is 0 Å². The molecule has 0 radical (unpaired) electrons. The molecule has 7 nitrogen and oxygen atoms in total. The summed E-state index contributed by atoms with van der Waals surface area (Å²) in [4.78, 5) is 24.0. The summed E-state index contributed by atoms with van der Waals surface area (Å²) < 4.78 is 40.5. The number of hydrogen-bond donors (Lipinski definition) is 3. The Morgan fingerprint density at radius 1 is 1.00 bits per heavy atom. The maximum atomic E-state index is 13.1. The molecule has 0 heterocycles. The number of benzene rings is 2. The molecule has 0 aliphatic rings. The van der Waals surface area contributed by atoms with E-state index in [1.54, 1.807) is 26.0 Å². The molecule has 0 saturated carbocycles. The lowest BCUT2D eigenvalue weighted by molar-refractivity contribution is -0.151. The summed E-state index contributed by atoms with van der Waals surface area (Å²) in [7, 11) is -4.01. The second kappa shape index (κ2) is 9.04. The van der Waals surface area contributed by atoms with Gasteiger partial charge in [-0.2, -0.15) is 0 Å². The Kier molecular flexibility index (Phi) is 6.97. The predicted molar refractivity (Wildman–Crippen MR) is 108 cm³/mol. The first-order valence-electron chi connectivity index (χ1n) is 9.04. The zero-order chi connectivity index (χ0) is 21.7. The van der Waals surface area contributed by atoms with E-state index in [1.807, 2.05) is 0 Å². The maximum Gasteiger partial charge on any atom is 0.310 e. The average Bonchev–Trinajstić information content (AvgIpc) is 2.67. The summed E-state index contributed by atoms with van der Waals surface area (Å²) in [6.45, 7) is 3.41. The number of halogens is 1. The van der Waals surface area contributed by atoms with E-state index in [4.69, 9.17) is 0 Å². The minimum absolute atomic E-state index is 0.110. The van der Waals surface area contributed by atoms with Gasteiger partial charge in [0.1, 0.15) is 5.82 Å². The molecule has 0 saturated heterocycles. The summed E-state index contributed by atoms with van der Waals surface area (Å²) in [5.41, 5.74) is -0.888. The molecular formula is C20H23FN2O5S. The van der Waals surface area contributed by atoms with Gasteiger partial charge in [0.15, 0.2) is 0 Å². The summed E-state index contributed by atoms with van der Waals surface area (Å²) in [6, 6.07) is 10.5. The van der Waals surface area contributed by atoms with Gasteiger partial charge < -0.3 is 10.4 Å². The minimum Gasteiger partial charge on any atom is -0.481 e. The highest BCUT2D eigenvalue weighted by molar-refractivity contribution is 7.92. The zero-order valence-electron chi connectivity index (χ0n) is 16.1. The van der Waals surface area contributed by atoms with E-state index in [0.717, 1.165) is 24.3 Å². The third kappa shape index (κ3) is 5.32. The Labute approximate surface area is 169 Å². The van der Waals surface area contributed by atoms with Gasteiger partial charge in [0, 0.05) is 6.42 Å². The molecule has 0 bridgehead atoms. The number of hydrogen-bond acceptors (Lipinski definition) is 4. The maximum absolute atomic E-state index is 13.1. The SMILES string of the molecule is CCC(CC)(CC(=O)Nc1ccccc1NS(=O)(=O)c1ccc(F)cc1)C(=O)O. The number of nitrogens with one attached hydrogen (secondary N) is 2. The van der Waals surface area contributed by atoms with E-state index in [-0.39, 0.29) is 35.5 Å². The fraction of sp³-hybridized carbons (Fsp3) is 0.300. The number of rotatable bonds is 9. The minimum atomic E-state index is -4.01. The highest BCUT2D eigenvalue weighted by Gasteiger charge is 2.37. The van der Waals surface area contributed by atoms with Gasteiger partial charge in [-0.25, -0.2) is 12.8 Å². The fourth-order valence-corrected chi connectivity index (χ4v) is 3.96. The van der Waals surface area contributed by atoms with Crippen molar-refractivity contribution in [2.45, 2.75) is 38.0 Å². The molecule has 0 aliphatic carbocycles. The Hall–Kier alpha value is -2.94. The van der Waals surface area contributed by atoms with E-state index in [1.165, 1.54) is 12.1 Å². The molecule has 3 N–H and O–H groups in total. The van der Waals surface area contributed by atoms with E-state index in [2.05, 4.69) is 10.0 Å². The molecule has 0 aliphatic heterocycles. The van der Waals surface area contributed by atoms with Crippen LogP contribution < -0.4 is 10.0 Å². The average molecular weight is 422 g/mol. The largest absolute Gasteiger partial charge is 0.481 e. The van der Waals surface area contributed by atoms with Gasteiger partial charge in [0.25, 0.3) is 10.0 Å². The van der Waals surface area contributed by atoms with Gasteiger partial charge in [-0.1, -0.05) is 26.0 Å². The van der Waals surface area contributed by atoms with Gasteiger partial charge >= 0.3 is 5.97 Å². The number of para-hydroxylation sites is 2. The first kappa shape index (κ1) is 22.4. The standard InChI is InChI=1S/C20H23FN2O5S/c1-3-20(4-2,19(25)26)13-18(24)22-16-7-5-6-8-17(16)23-29(27,28)15-11-9-14(21)10-12-15/h5-12,23H,3-4,13H2,1-2H3,(H,22,24)(H,25,26). The van der Waals surface area contributed by atoms with Crippen LogP contribution in [0.2, 0.25) is 0 Å². The van der Waals surface area contributed by atoms with Gasteiger partial charge in [-0.15, -0.1) is 0 Å². The van der Waals surface area contributed by atoms with Crippen molar-refractivity contribution in [1.82, 2.24) is 0 Å². The number of carboxylic acids is 1.